The first-order chi connectivity index (χ1) is 13.5. The van der Waals surface area contributed by atoms with Gasteiger partial charge in [0.05, 0.1) is 30.5 Å². The largest absolute Gasteiger partial charge is 0.494 e. The number of hydrogen-bond donors (Lipinski definition) is 1. The van der Waals surface area contributed by atoms with E-state index in [9.17, 15) is 9.59 Å². The Labute approximate surface area is 164 Å². The molecule has 0 spiro atoms. The smallest absolute Gasteiger partial charge is 0.322 e. The molecule has 0 aliphatic carbocycles. The van der Waals surface area contributed by atoms with E-state index in [2.05, 4.69) is 5.32 Å². The molecule has 3 amide bonds. The van der Waals surface area contributed by atoms with Gasteiger partial charge in [0.15, 0.2) is 0 Å². The molecule has 0 saturated carbocycles. The highest BCUT2D eigenvalue weighted by molar-refractivity contribution is 6.11. The molecular weight excluding hydrogens is 354 g/mol. The Morgan fingerprint density at radius 1 is 1.07 bits per heavy atom. The fraction of sp³-hybridized carbons (Fsp3) is 0.273. The average Bonchev–Trinajstić information content (AvgIpc) is 3.04. The predicted molar refractivity (Wildman–Crippen MR) is 107 cm³/mol. The second-order valence-electron chi connectivity index (χ2n) is 7.03. The SMILES string of the molecule is CCOc1ccc(N2CC3=C(C2=O)[C@@H](c2ccc(C)cc2)NC(=O)N3C)cc1. The minimum absolute atomic E-state index is 0.0865. The number of amides is 3. The van der Waals surface area contributed by atoms with Crippen molar-refractivity contribution in [2.45, 2.75) is 19.9 Å². The fourth-order valence-corrected chi connectivity index (χ4v) is 3.67. The van der Waals surface area contributed by atoms with Gasteiger partial charge in [-0.3, -0.25) is 9.69 Å². The van der Waals surface area contributed by atoms with Gasteiger partial charge in [0.1, 0.15) is 5.75 Å². The van der Waals surface area contributed by atoms with Crippen molar-refractivity contribution < 1.29 is 14.3 Å². The van der Waals surface area contributed by atoms with Gasteiger partial charge in [0.2, 0.25) is 0 Å². The molecule has 2 aliphatic heterocycles. The second-order valence-corrected chi connectivity index (χ2v) is 7.03. The molecule has 6 heteroatoms. The first kappa shape index (κ1) is 18.1. The highest BCUT2D eigenvalue weighted by Gasteiger charge is 2.43. The molecule has 1 atom stereocenters. The summed E-state index contributed by atoms with van der Waals surface area (Å²) in [6, 6.07) is 14.7. The third kappa shape index (κ3) is 3.01. The Hall–Kier alpha value is -3.28. The number of anilines is 1. The summed E-state index contributed by atoms with van der Waals surface area (Å²) >= 11 is 0. The maximum Gasteiger partial charge on any atom is 0.322 e. The van der Waals surface area contributed by atoms with E-state index < -0.39 is 6.04 Å². The quantitative estimate of drug-likeness (QED) is 0.888. The number of urea groups is 1. The lowest BCUT2D eigenvalue weighted by Crippen LogP contribution is -2.45. The van der Waals surface area contributed by atoms with Crippen LogP contribution in [0.5, 0.6) is 5.75 Å². The number of hydrogen-bond acceptors (Lipinski definition) is 3. The zero-order valence-corrected chi connectivity index (χ0v) is 16.2. The zero-order valence-electron chi connectivity index (χ0n) is 16.2. The number of nitrogens with one attached hydrogen (secondary N) is 1. The number of carbonyl (C=O) groups excluding carboxylic acids is 2. The van der Waals surface area contributed by atoms with E-state index in [1.54, 1.807) is 11.9 Å². The highest BCUT2D eigenvalue weighted by atomic mass is 16.5. The van der Waals surface area contributed by atoms with Crippen LogP contribution in [0.25, 0.3) is 0 Å². The van der Waals surface area contributed by atoms with Gasteiger partial charge in [-0.2, -0.15) is 0 Å². The zero-order chi connectivity index (χ0) is 19.8. The van der Waals surface area contributed by atoms with Gasteiger partial charge in [-0.15, -0.1) is 0 Å². The number of nitrogens with zero attached hydrogens (tertiary/aromatic N) is 2. The molecule has 0 unspecified atom stereocenters. The van der Waals surface area contributed by atoms with Crippen molar-refractivity contribution in [2.75, 3.05) is 25.1 Å². The number of carbonyl (C=O) groups is 2. The Balaban J connectivity index is 1.68. The van der Waals surface area contributed by atoms with Crippen molar-refractivity contribution in [3.8, 4) is 5.75 Å². The summed E-state index contributed by atoms with van der Waals surface area (Å²) in [5, 5.41) is 2.96. The van der Waals surface area contributed by atoms with Gasteiger partial charge in [-0.25, -0.2) is 4.79 Å². The number of benzene rings is 2. The van der Waals surface area contributed by atoms with E-state index in [1.165, 1.54) is 4.90 Å². The van der Waals surface area contributed by atoms with Crippen LogP contribution in [0.3, 0.4) is 0 Å². The van der Waals surface area contributed by atoms with Crippen LogP contribution in [0.4, 0.5) is 10.5 Å². The van der Waals surface area contributed by atoms with Gasteiger partial charge in [-0.05, 0) is 43.7 Å². The predicted octanol–water partition coefficient (Wildman–Crippen LogP) is 3.39. The Bertz CT molecular complexity index is 948. The maximum absolute atomic E-state index is 13.3. The van der Waals surface area contributed by atoms with Crippen LogP contribution in [-0.2, 0) is 4.79 Å². The molecule has 0 bridgehead atoms. The van der Waals surface area contributed by atoms with E-state index in [0.717, 1.165) is 28.3 Å². The minimum Gasteiger partial charge on any atom is -0.494 e. The normalized spacial score (nSPS) is 19.0. The summed E-state index contributed by atoms with van der Waals surface area (Å²) in [6.45, 7) is 4.90. The van der Waals surface area contributed by atoms with E-state index in [0.29, 0.717) is 18.7 Å². The van der Waals surface area contributed by atoms with Crippen LogP contribution in [0.15, 0.2) is 59.8 Å². The molecule has 4 rings (SSSR count). The molecule has 6 nitrogen and oxygen atoms in total. The van der Waals surface area contributed by atoms with Crippen LogP contribution in [0.2, 0.25) is 0 Å². The molecule has 0 aromatic heterocycles. The number of aryl methyl sites for hydroxylation is 1. The van der Waals surface area contributed by atoms with Gasteiger partial charge in [0, 0.05) is 12.7 Å². The number of rotatable bonds is 4. The standard InChI is InChI=1S/C22H23N3O3/c1-4-28-17-11-9-16(10-12-17)25-13-18-19(21(25)26)20(23-22(27)24(18)3)15-7-5-14(2)6-8-15/h5-12,20H,4,13H2,1-3H3,(H,23,27)/t20-/m1/s1. The minimum atomic E-state index is -0.445. The summed E-state index contributed by atoms with van der Waals surface area (Å²) in [7, 11) is 1.70. The molecule has 2 aliphatic rings. The van der Waals surface area contributed by atoms with Crippen molar-refractivity contribution in [3.63, 3.8) is 0 Å². The van der Waals surface area contributed by atoms with Crippen LogP contribution < -0.4 is 15.0 Å². The molecule has 28 heavy (non-hydrogen) atoms. The first-order valence-electron chi connectivity index (χ1n) is 9.38. The Kier molecular flexibility index (Phi) is 4.55. The van der Waals surface area contributed by atoms with Crippen LogP contribution in [0.1, 0.15) is 24.1 Å². The van der Waals surface area contributed by atoms with Crippen molar-refractivity contribution >= 4 is 17.6 Å². The average molecular weight is 377 g/mol. The van der Waals surface area contributed by atoms with Crippen molar-refractivity contribution in [1.82, 2.24) is 10.2 Å². The van der Waals surface area contributed by atoms with Crippen LogP contribution >= 0.6 is 0 Å². The molecule has 2 aromatic rings. The monoisotopic (exact) mass is 377 g/mol. The Morgan fingerprint density at radius 2 is 1.75 bits per heavy atom. The second kappa shape index (κ2) is 7.03. The van der Waals surface area contributed by atoms with Gasteiger partial charge in [0.25, 0.3) is 5.91 Å². The topological polar surface area (TPSA) is 61.9 Å². The first-order valence-corrected chi connectivity index (χ1v) is 9.38. The van der Waals surface area contributed by atoms with Crippen LogP contribution in [-0.4, -0.2) is 37.0 Å². The maximum atomic E-state index is 13.3. The van der Waals surface area contributed by atoms with Crippen LogP contribution in [0, 0.1) is 6.92 Å². The van der Waals surface area contributed by atoms with E-state index in [4.69, 9.17) is 4.74 Å². The molecular formula is C22H23N3O3. The summed E-state index contributed by atoms with van der Waals surface area (Å²) in [6.07, 6.45) is 0. The van der Waals surface area contributed by atoms with E-state index >= 15 is 0 Å². The van der Waals surface area contributed by atoms with Crippen molar-refractivity contribution in [2.24, 2.45) is 0 Å². The third-order valence-electron chi connectivity index (χ3n) is 5.23. The highest BCUT2D eigenvalue weighted by Crippen LogP contribution is 2.37. The summed E-state index contributed by atoms with van der Waals surface area (Å²) in [5.74, 6) is 0.679. The molecule has 0 radical (unpaired) electrons. The Morgan fingerprint density at radius 3 is 2.39 bits per heavy atom. The molecule has 0 fully saturated rings. The van der Waals surface area contributed by atoms with E-state index in [-0.39, 0.29) is 11.9 Å². The third-order valence-corrected chi connectivity index (χ3v) is 5.23. The van der Waals surface area contributed by atoms with Gasteiger partial charge in [-0.1, -0.05) is 29.8 Å². The lowest BCUT2D eigenvalue weighted by molar-refractivity contribution is -0.114. The molecule has 1 N–H and O–H groups in total. The molecule has 2 heterocycles. The van der Waals surface area contributed by atoms with E-state index in [1.807, 2.05) is 62.4 Å². The fourth-order valence-electron chi connectivity index (χ4n) is 3.67. The number of likely N-dealkylation sites (N-methyl/N-ethyl adjacent to an activating group) is 1. The van der Waals surface area contributed by atoms with Gasteiger partial charge >= 0.3 is 6.03 Å². The molecule has 0 saturated heterocycles. The molecule has 2 aromatic carbocycles. The van der Waals surface area contributed by atoms with Crippen molar-refractivity contribution in [1.29, 1.82) is 0 Å². The summed E-state index contributed by atoms with van der Waals surface area (Å²) in [5.41, 5.74) is 4.19. The van der Waals surface area contributed by atoms with Crippen molar-refractivity contribution in [3.05, 3.63) is 70.9 Å². The number of ether oxygens (including phenoxy) is 1. The summed E-state index contributed by atoms with van der Waals surface area (Å²) in [4.78, 5) is 29.0. The summed E-state index contributed by atoms with van der Waals surface area (Å²) < 4.78 is 5.48. The lowest BCUT2D eigenvalue weighted by atomic mass is 9.95. The lowest BCUT2D eigenvalue weighted by Gasteiger charge is -2.31. The van der Waals surface area contributed by atoms with Gasteiger partial charge < -0.3 is 15.0 Å². The molecule has 144 valence electrons.